The Morgan fingerprint density at radius 2 is 2.13 bits per heavy atom. The lowest BCUT2D eigenvalue weighted by molar-refractivity contribution is -0.155. The van der Waals surface area contributed by atoms with Crippen molar-refractivity contribution < 1.29 is 14.3 Å². The lowest BCUT2D eigenvalue weighted by Crippen LogP contribution is -2.54. The molecule has 2 heterocycles. The van der Waals surface area contributed by atoms with E-state index in [-0.39, 0.29) is 12.0 Å². The Balaban J connectivity index is 1.92. The van der Waals surface area contributed by atoms with Crippen LogP contribution in [0.15, 0.2) is 0 Å². The number of amides is 2. The van der Waals surface area contributed by atoms with Crippen molar-refractivity contribution in [2.45, 2.75) is 18.9 Å². The van der Waals surface area contributed by atoms with Gasteiger partial charge in [-0.15, -0.1) is 0 Å². The quantitative estimate of drug-likeness (QED) is 0.578. The van der Waals surface area contributed by atoms with Crippen molar-refractivity contribution >= 4 is 11.8 Å². The minimum Gasteiger partial charge on any atom is -0.376 e. The van der Waals surface area contributed by atoms with Crippen LogP contribution in [0.5, 0.6) is 0 Å². The van der Waals surface area contributed by atoms with Crippen molar-refractivity contribution in [3.8, 4) is 0 Å². The third kappa shape index (κ3) is 2.12. The second kappa shape index (κ2) is 4.18. The topological polar surface area (TPSA) is 49.9 Å². The van der Waals surface area contributed by atoms with Gasteiger partial charge in [0.05, 0.1) is 6.10 Å². The normalized spacial score (nSPS) is 27.7. The van der Waals surface area contributed by atoms with Crippen molar-refractivity contribution in [2.24, 2.45) is 0 Å². The monoisotopic (exact) mass is 212 g/mol. The Morgan fingerprint density at radius 3 is 2.80 bits per heavy atom. The summed E-state index contributed by atoms with van der Waals surface area (Å²) in [4.78, 5) is 26.1. The Morgan fingerprint density at radius 1 is 1.33 bits per heavy atom. The molecule has 2 fully saturated rings. The molecule has 0 spiro atoms. The van der Waals surface area contributed by atoms with Crippen LogP contribution in [0.2, 0.25) is 0 Å². The number of rotatable bonds is 2. The summed E-state index contributed by atoms with van der Waals surface area (Å²) in [5.41, 5.74) is 0. The van der Waals surface area contributed by atoms with Gasteiger partial charge in [-0.05, 0) is 12.8 Å². The number of hydrogen-bond donors (Lipinski definition) is 0. The Kier molecular flexibility index (Phi) is 2.90. The predicted molar refractivity (Wildman–Crippen MR) is 53.2 cm³/mol. The average Bonchev–Trinajstić information content (AvgIpc) is 2.72. The summed E-state index contributed by atoms with van der Waals surface area (Å²) in [6.07, 6.45) is 2.18. The summed E-state index contributed by atoms with van der Waals surface area (Å²) in [7, 11) is 1.66. The molecule has 0 radical (unpaired) electrons. The first-order valence-corrected chi connectivity index (χ1v) is 5.34. The maximum Gasteiger partial charge on any atom is 0.312 e. The maximum atomic E-state index is 11.6. The molecule has 2 aliphatic rings. The first-order chi connectivity index (χ1) is 7.18. The van der Waals surface area contributed by atoms with Crippen molar-refractivity contribution in [1.82, 2.24) is 9.80 Å². The summed E-state index contributed by atoms with van der Waals surface area (Å²) >= 11 is 0. The van der Waals surface area contributed by atoms with Crippen LogP contribution < -0.4 is 0 Å². The molecule has 1 atom stereocenters. The van der Waals surface area contributed by atoms with E-state index < -0.39 is 5.91 Å². The minimum absolute atomic E-state index is 0.130. The molecule has 5 nitrogen and oxygen atoms in total. The van der Waals surface area contributed by atoms with Gasteiger partial charge in [0.2, 0.25) is 0 Å². The van der Waals surface area contributed by atoms with Crippen LogP contribution in [0.4, 0.5) is 0 Å². The zero-order valence-corrected chi connectivity index (χ0v) is 8.94. The van der Waals surface area contributed by atoms with Gasteiger partial charge in [-0.3, -0.25) is 9.59 Å². The van der Waals surface area contributed by atoms with Crippen LogP contribution >= 0.6 is 0 Å². The van der Waals surface area contributed by atoms with E-state index in [0.29, 0.717) is 19.6 Å². The highest BCUT2D eigenvalue weighted by molar-refractivity contribution is 6.35. The fraction of sp³-hybridized carbons (Fsp3) is 0.800. The second-order valence-electron chi connectivity index (χ2n) is 4.11. The molecular weight excluding hydrogens is 196 g/mol. The van der Waals surface area contributed by atoms with E-state index in [2.05, 4.69) is 0 Å². The molecule has 5 heteroatoms. The standard InChI is InChI=1S/C10H16N2O3/c1-11-4-5-12(10(14)9(11)13)7-8-3-2-6-15-8/h8H,2-7H2,1H3. The number of nitrogens with zero attached hydrogens (tertiary/aromatic N) is 2. The first-order valence-electron chi connectivity index (χ1n) is 5.34. The molecule has 2 rings (SSSR count). The van der Waals surface area contributed by atoms with Crippen molar-refractivity contribution in [3.05, 3.63) is 0 Å². The maximum absolute atomic E-state index is 11.6. The van der Waals surface area contributed by atoms with E-state index in [4.69, 9.17) is 4.74 Å². The molecule has 2 aliphatic heterocycles. The minimum atomic E-state index is -0.403. The van der Waals surface area contributed by atoms with Gasteiger partial charge in [-0.2, -0.15) is 0 Å². The largest absolute Gasteiger partial charge is 0.376 e. The van der Waals surface area contributed by atoms with Gasteiger partial charge in [0.15, 0.2) is 0 Å². The van der Waals surface area contributed by atoms with E-state index in [0.717, 1.165) is 19.4 Å². The third-order valence-electron chi connectivity index (χ3n) is 2.97. The summed E-state index contributed by atoms with van der Waals surface area (Å²) in [5, 5.41) is 0. The fourth-order valence-electron chi connectivity index (χ4n) is 1.98. The van der Waals surface area contributed by atoms with E-state index in [9.17, 15) is 9.59 Å². The van der Waals surface area contributed by atoms with Gasteiger partial charge in [-0.1, -0.05) is 0 Å². The van der Waals surface area contributed by atoms with E-state index >= 15 is 0 Å². The van der Waals surface area contributed by atoms with Crippen LogP contribution in [0.25, 0.3) is 0 Å². The van der Waals surface area contributed by atoms with E-state index in [1.165, 1.54) is 4.90 Å². The zero-order valence-electron chi connectivity index (χ0n) is 8.94. The van der Waals surface area contributed by atoms with Gasteiger partial charge in [0, 0.05) is 33.3 Å². The first kappa shape index (κ1) is 10.4. The molecule has 84 valence electrons. The van der Waals surface area contributed by atoms with Crippen LogP contribution in [0.1, 0.15) is 12.8 Å². The summed E-state index contributed by atoms with van der Waals surface area (Å²) in [5.74, 6) is -0.793. The average molecular weight is 212 g/mol. The highest BCUT2D eigenvalue weighted by Crippen LogP contribution is 2.14. The number of carbonyl (C=O) groups excluding carboxylic acids is 2. The van der Waals surface area contributed by atoms with E-state index in [1.54, 1.807) is 11.9 Å². The highest BCUT2D eigenvalue weighted by Gasteiger charge is 2.32. The summed E-state index contributed by atoms with van der Waals surface area (Å²) in [6.45, 7) is 2.59. The molecule has 0 aromatic rings. The molecule has 1 unspecified atom stereocenters. The molecule has 0 aromatic heterocycles. The van der Waals surface area contributed by atoms with Gasteiger partial charge in [0.1, 0.15) is 0 Å². The Hall–Kier alpha value is -1.10. The van der Waals surface area contributed by atoms with Crippen LogP contribution in [-0.2, 0) is 14.3 Å². The predicted octanol–water partition coefficient (Wildman–Crippen LogP) is -0.534. The number of carbonyl (C=O) groups is 2. The molecule has 0 N–H and O–H groups in total. The number of piperazine rings is 1. The van der Waals surface area contributed by atoms with Gasteiger partial charge < -0.3 is 14.5 Å². The van der Waals surface area contributed by atoms with Crippen molar-refractivity contribution in [1.29, 1.82) is 0 Å². The summed E-state index contributed by atoms with van der Waals surface area (Å²) < 4.78 is 5.45. The molecule has 2 amide bonds. The number of ether oxygens (including phenoxy) is 1. The lowest BCUT2D eigenvalue weighted by atomic mass is 10.2. The Labute approximate surface area is 89.0 Å². The molecule has 0 aromatic carbocycles. The molecule has 15 heavy (non-hydrogen) atoms. The molecule has 0 saturated carbocycles. The second-order valence-corrected chi connectivity index (χ2v) is 4.11. The van der Waals surface area contributed by atoms with Crippen LogP contribution in [0.3, 0.4) is 0 Å². The fourth-order valence-corrected chi connectivity index (χ4v) is 1.98. The van der Waals surface area contributed by atoms with Crippen LogP contribution in [0, 0.1) is 0 Å². The number of likely N-dealkylation sites (N-methyl/N-ethyl adjacent to an activating group) is 1. The van der Waals surface area contributed by atoms with Gasteiger partial charge >= 0.3 is 11.8 Å². The van der Waals surface area contributed by atoms with Crippen LogP contribution in [-0.4, -0.2) is 61.0 Å². The van der Waals surface area contributed by atoms with Crippen molar-refractivity contribution in [3.63, 3.8) is 0 Å². The van der Waals surface area contributed by atoms with Gasteiger partial charge in [-0.25, -0.2) is 0 Å². The third-order valence-corrected chi connectivity index (χ3v) is 2.97. The highest BCUT2D eigenvalue weighted by atomic mass is 16.5. The van der Waals surface area contributed by atoms with E-state index in [1.807, 2.05) is 0 Å². The van der Waals surface area contributed by atoms with Gasteiger partial charge in [0.25, 0.3) is 0 Å². The SMILES string of the molecule is CN1CCN(CC2CCCO2)C(=O)C1=O. The zero-order chi connectivity index (χ0) is 10.8. The van der Waals surface area contributed by atoms with Crippen molar-refractivity contribution in [2.75, 3.05) is 33.3 Å². The summed E-state index contributed by atoms with van der Waals surface area (Å²) in [6, 6.07) is 0. The molecule has 0 bridgehead atoms. The molecule has 0 aliphatic carbocycles. The lowest BCUT2D eigenvalue weighted by Gasteiger charge is -2.32. The molecular formula is C10H16N2O3. The smallest absolute Gasteiger partial charge is 0.312 e. The Bertz CT molecular complexity index is 274. The molecule has 2 saturated heterocycles. The number of hydrogen-bond acceptors (Lipinski definition) is 3.